The third-order valence-electron chi connectivity index (χ3n) is 3.57. The largest absolute Gasteiger partial charge is 0.330 e. The van der Waals surface area contributed by atoms with Crippen molar-refractivity contribution in [1.29, 1.82) is 0 Å². The zero-order chi connectivity index (χ0) is 16.0. The first-order valence-corrected chi connectivity index (χ1v) is 9.13. The summed E-state index contributed by atoms with van der Waals surface area (Å²) in [5.74, 6) is 0. The van der Waals surface area contributed by atoms with Gasteiger partial charge in [0, 0.05) is 0 Å². The Kier molecular flexibility index (Phi) is 27.3. The Morgan fingerprint density at radius 3 is 0.524 bits per heavy atom. The van der Waals surface area contributed by atoms with Gasteiger partial charge in [0.1, 0.15) is 0 Å². The molecule has 4 nitrogen and oxygen atoms in total. The Balaban J connectivity index is 0. The van der Waals surface area contributed by atoms with Crippen molar-refractivity contribution in [2.75, 3.05) is 26.2 Å². The van der Waals surface area contributed by atoms with E-state index in [2.05, 4.69) is 0 Å². The van der Waals surface area contributed by atoms with E-state index in [4.69, 9.17) is 22.9 Å². The lowest BCUT2D eigenvalue weighted by Crippen LogP contribution is -2.00. The molecule has 21 heavy (non-hydrogen) atoms. The van der Waals surface area contributed by atoms with Crippen molar-refractivity contribution in [3.05, 3.63) is 0 Å². The van der Waals surface area contributed by atoms with Crippen LogP contribution in [-0.2, 0) is 0 Å². The second-order valence-electron chi connectivity index (χ2n) is 5.75. The summed E-state index contributed by atoms with van der Waals surface area (Å²) in [7, 11) is 0. The van der Waals surface area contributed by atoms with E-state index in [0.29, 0.717) is 0 Å². The maximum atomic E-state index is 5.41. The van der Waals surface area contributed by atoms with Crippen LogP contribution in [0, 0.1) is 0 Å². The molecule has 8 N–H and O–H groups in total. The van der Waals surface area contributed by atoms with Crippen LogP contribution in [-0.4, -0.2) is 26.2 Å². The molecule has 0 aromatic carbocycles. The SMILES string of the molecule is NCCCCCCCCCCCN.NCCCCCCN. The van der Waals surface area contributed by atoms with Crippen LogP contribution >= 0.6 is 0 Å². The summed E-state index contributed by atoms with van der Waals surface area (Å²) in [6, 6.07) is 0. The van der Waals surface area contributed by atoms with Crippen LogP contribution in [0.2, 0.25) is 0 Å². The van der Waals surface area contributed by atoms with Gasteiger partial charge in [-0.1, -0.05) is 57.8 Å². The Morgan fingerprint density at radius 1 is 0.238 bits per heavy atom. The predicted octanol–water partition coefficient (Wildman–Crippen LogP) is 2.88. The second kappa shape index (κ2) is 24.8. The maximum Gasteiger partial charge on any atom is -0.00773 e. The minimum Gasteiger partial charge on any atom is -0.330 e. The van der Waals surface area contributed by atoms with Gasteiger partial charge in [-0.25, -0.2) is 0 Å². The Morgan fingerprint density at radius 2 is 0.381 bits per heavy atom. The van der Waals surface area contributed by atoms with Gasteiger partial charge in [0.2, 0.25) is 0 Å². The Bertz CT molecular complexity index is 138. The second-order valence-corrected chi connectivity index (χ2v) is 5.75. The van der Waals surface area contributed by atoms with Crippen molar-refractivity contribution in [3.63, 3.8) is 0 Å². The normalized spacial score (nSPS) is 10.3. The van der Waals surface area contributed by atoms with E-state index in [1.807, 2.05) is 0 Å². The van der Waals surface area contributed by atoms with Crippen molar-refractivity contribution in [3.8, 4) is 0 Å². The molecule has 0 aliphatic rings. The van der Waals surface area contributed by atoms with Gasteiger partial charge < -0.3 is 22.9 Å². The number of unbranched alkanes of at least 4 members (excludes halogenated alkanes) is 11. The lowest BCUT2D eigenvalue weighted by atomic mass is 10.1. The lowest BCUT2D eigenvalue weighted by molar-refractivity contribution is 0.562. The van der Waals surface area contributed by atoms with Gasteiger partial charge in [-0.3, -0.25) is 0 Å². The van der Waals surface area contributed by atoms with Gasteiger partial charge in [0.15, 0.2) is 0 Å². The summed E-state index contributed by atoms with van der Waals surface area (Å²) >= 11 is 0. The van der Waals surface area contributed by atoms with E-state index >= 15 is 0 Å². The third-order valence-corrected chi connectivity index (χ3v) is 3.57. The molecule has 0 atom stereocenters. The fraction of sp³-hybridized carbons (Fsp3) is 1.00. The zero-order valence-corrected chi connectivity index (χ0v) is 14.3. The average Bonchev–Trinajstić information content (AvgIpc) is 2.51. The van der Waals surface area contributed by atoms with Gasteiger partial charge in [-0.2, -0.15) is 0 Å². The minimum absolute atomic E-state index is 0.824. The zero-order valence-electron chi connectivity index (χ0n) is 14.3. The van der Waals surface area contributed by atoms with Crippen LogP contribution in [0.25, 0.3) is 0 Å². The molecule has 0 fully saturated rings. The predicted molar refractivity (Wildman–Crippen MR) is 96.2 cm³/mol. The molecule has 0 spiro atoms. The molecular weight excluding hydrogens is 260 g/mol. The maximum absolute atomic E-state index is 5.41. The smallest absolute Gasteiger partial charge is 0.00773 e. The van der Waals surface area contributed by atoms with Crippen LogP contribution in [0.4, 0.5) is 0 Å². The van der Waals surface area contributed by atoms with Gasteiger partial charge >= 0.3 is 0 Å². The van der Waals surface area contributed by atoms with Gasteiger partial charge in [-0.05, 0) is 51.9 Å². The highest BCUT2D eigenvalue weighted by atomic mass is 14.5. The molecule has 0 bridgehead atoms. The van der Waals surface area contributed by atoms with E-state index in [1.165, 1.54) is 70.6 Å². The Labute approximate surface area is 133 Å². The molecule has 0 amide bonds. The van der Waals surface area contributed by atoms with Crippen molar-refractivity contribution >= 4 is 0 Å². The number of hydrogen-bond acceptors (Lipinski definition) is 4. The Hall–Kier alpha value is -0.160. The molecule has 0 saturated heterocycles. The molecule has 0 unspecified atom stereocenters. The van der Waals surface area contributed by atoms with Gasteiger partial charge in [0.25, 0.3) is 0 Å². The summed E-state index contributed by atoms with van der Waals surface area (Å²) in [5.41, 5.74) is 21.4. The van der Waals surface area contributed by atoms with E-state index in [9.17, 15) is 0 Å². The molecule has 0 aliphatic carbocycles. The van der Waals surface area contributed by atoms with E-state index in [-0.39, 0.29) is 0 Å². The molecule has 0 aromatic rings. The van der Waals surface area contributed by atoms with Crippen LogP contribution in [0.5, 0.6) is 0 Å². The van der Waals surface area contributed by atoms with E-state index in [1.54, 1.807) is 0 Å². The molecule has 0 aliphatic heterocycles. The van der Waals surface area contributed by atoms with Crippen LogP contribution in [0.3, 0.4) is 0 Å². The summed E-state index contributed by atoms with van der Waals surface area (Å²) in [6.45, 7) is 3.36. The fourth-order valence-corrected chi connectivity index (χ4v) is 2.17. The third kappa shape index (κ3) is 28.7. The summed E-state index contributed by atoms with van der Waals surface area (Å²) in [6.07, 6.45) is 16.8. The number of nitrogens with two attached hydrogens (primary N) is 4. The highest BCUT2D eigenvalue weighted by Crippen LogP contribution is 2.08. The molecule has 0 rings (SSSR count). The van der Waals surface area contributed by atoms with Crippen molar-refractivity contribution in [2.24, 2.45) is 22.9 Å². The lowest BCUT2D eigenvalue weighted by Gasteiger charge is -2.00. The van der Waals surface area contributed by atoms with Crippen molar-refractivity contribution in [2.45, 2.75) is 83.5 Å². The number of hydrogen-bond donors (Lipinski definition) is 4. The topological polar surface area (TPSA) is 104 Å². The molecule has 130 valence electrons. The highest BCUT2D eigenvalue weighted by molar-refractivity contribution is 4.48. The van der Waals surface area contributed by atoms with Crippen LogP contribution in [0.15, 0.2) is 0 Å². The van der Waals surface area contributed by atoms with Crippen molar-refractivity contribution in [1.82, 2.24) is 0 Å². The number of rotatable bonds is 15. The first kappa shape index (κ1) is 23.1. The highest BCUT2D eigenvalue weighted by Gasteiger charge is 1.91. The average molecular weight is 303 g/mol. The molecule has 0 saturated carbocycles. The first-order chi connectivity index (χ1) is 10.3. The first-order valence-electron chi connectivity index (χ1n) is 9.13. The molecule has 0 radical (unpaired) electrons. The minimum atomic E-state index is 0.824. The van der Waals surface area contributed by atoms with Crippen LogP contribution < -0.4 is 22.9 Å². The van der Waals surface area contributed by atoms with E-state index in [0.717, 1.165) is 39.0 Å². The fourth-order valence-electron chi connectivity index (χ4n) is 2.17. The standard InChI is InChI=1S/C11H26N2.C6H16N2/c12-10-8-6-4-2-1-3-5-7-9-11-13;7-5-3-1-2-4-6-8/h1-13H2;1-8H2. The molecule has 0 aromatic heterocycles. The van der Waals surface area contributed by atoms with E-state index < -0.39 is 0 Å². The van der Waals surface area contributed by atoms with Crippen molar-refractivity contribution < 1.29 is 0 Å². The summed E-state index contributed by atoms with van der Waals surface area (Å²) in [5, 5.41) is 0. The molecular formula is C17H42N4. The summed E-state index contributed by atoms with van der Waals surface area (Å²) < 4.78 is 0. The molecule has 0 heterocycles. The van der Waals surface area contributed by atoms with Crippen LogP contribution in [0.1, 0.15) is 83.5 Å². The summed E-state index contributed by atoms with van der Waals surface area (Å²) in [4.78, 5) is 0. The van der Waals surface area contributed by atoms with Gasteiger partial charge in [0.05, 0.1) is 0 Å². The van der Waals surface area contributed by atoms with Gasteiger partial charge in [-0.15, -0.1) is 0 Å². The monoisotopic (exact) mass is 302 g/mol. The quantitative estimate of drug-likeness (QED) is 0.349. The molecule has 4 heteroatoms.